The lowest BCUT2D eigenvalue weighted by Gasteiger charge is -2.31. The highest BCUT2D eigenvalue weighted by atomic mass is 32.2. The van der Waals surface area contributed by atoms with Gasteiger partial charge in [0, 0.05) is 18.1 Å². The van der Waals surface area contributed by atoms with E-state index < -0.39 is 9.84 Å². The molecule has 0 aliphatic carbocycles. The van der Waals surface area contributed by atoms with Gasteiger partial charge in [0.25, 0.3) is 0 Å². The van der Waals surface area contributed by atoms with Gasteiger partial charge in [0.05, 0.1) is 24.6 Å². The van der Waals surface area contributed by atoms with Crippen LogP contribution in [0.5, 0.6) is 0 Å². The molecular formula is C21H33N3O4S. The summed E-state index contributed by atoms with van der Waals surface area (Å²) in [4.78, 5) is 28.8. The Hall–Kier alpha value is -1.93. The van der Waals surface area contributed by atoms with E-state index >= 15 is 0 Å². The molecule has 0 saturated carbocycles. The van der Waals surface area contributed by atoms with Crippen LogP contribution in [0.2, 0.25) is 0 Å². The third-order valence-corrected chi connectivity index (χ3v) is 6.60. The van der Waals surface area contributed by atoms with Crippen LogP contribution in [-0.4, -0.2) is 72.8 Å². The van der Waals surface area contributed by atoms with Crippen molar-refractivity contribution in [3.8, 4) is 0 Å². The van der Waals surface area contributed by atoms with Crippen molar-refractivity contribution in [3.05, 3.63) is 35.9 Å². The fourth-order valence-electron chi connectivity index (χ4n) is 3.44. The minimum atomic E-state index is -3.11. The van der Waals surface area contributed by atoms with Crippen LogP contribution in [0, 0.1) is 0 Å². The molecule has 0 unspecified atom stereocenters. The zero-order chi connectivity index (χ0) is 21.7. The van der Waals surface area contributed by atoms with Gasteiger partial charge >= 0.3 is 0 Å². The Bertz CT molecular complexity index is 803. The topological polar surface area (TPSA) is 86.8 Å². The Morgan fingerprint density at radius 3 is 2.31 bits per heavy atom. The summed E-state index contributed by atoms with van der Waals surface area (Å²) in [6.45, 7) is 8.76. The highest BCUT2D eigenvalue weighted by molar-refractivity contribution is 7.91. The molecule has 7 nitrogen and oxygen atoms in total. The maximum absolute atomic E-state index is 13.1. The van der Waals surface area contributed by atoms with Crippen LogP contribution in [0.4, 0.5) is 0 Å². The van der Waals surface area contributed by atoms with Crippen LogP contribution in [0.3, 0.4) is 0 Å². The van der Waals surface area contributed by atoms with Crippen molar-refractivity contribution >= 4 is 21.7 Å². The van der Waals surface area contributed by atoms with Crippen molar-refractivity contribution in [2.24, 2.45) is 0 Å². The van der Waals surface area contributed by atoms with Gasteiger partial charge in [-0.2, -0.15) is 0 Å². The summed E-state index contributed by atoms with van der Waals surface area (Å²) in [5, 5.41) is 2.91. The van der Waals surface area contributed by atoms with Gasteiger partial charge in [0.2, 0.25) is 11.8 Å². The van der Waals surface area contributed by atoms with Crippen LogP contribution in [0.1, 0.15) is 39.7 Å². The molecule has 1 N–H and O–H groups in total. The molecule has 0 bridgehead atoms. The average Bonchev–Trinajstić information content (AvgIpc) is 2.97. The van der Waals surface area contributed by atoms with E-state index in [4.69, 9.17) is 0 Å². The van der Waals surface area contributed by atoms with Crippen LogP contribution >= 0.6 is 0 Å². The van der Waals surface area contributed by atoms with Gasteiger partial charge in [0.1, 0.15) is 0 Å². The van der Waals surface area contributed by atoms with Crippen molar-refractivity contribution in [3.63, 3.8) is 0 Å². The quantitative estimate of drug-likeness (QED) is 0.684. The van der Waals surface area contributed by atoms with Crippen molar-refractivity contribution < 1.29 is 18.0 Å². The summed E-state index contributed by atoms with van der Waals surface area (Å²) in [6, 6.07) is 9.24. The van der Waals surface area contributed by atoms with Crippen LogP contribution in [-0.2, 0) is 26.0 Å². The van der Waals surface area contributed by atoms with Crippen LogP contribution in [0.25, 0.3) is 0 Å². The van der Waals surface area contributed by atoms with Crippen molar-refractivity contribution in [2.75, 3.05) is 31.1 Å². The first-order chi connectivity index (χ1) is 13.5. The molecule has 1 heterocycles. The highest BCUT2D eigenvalue weighted by Crippen LogP contribution is 2.20. The molecule has 0 spiro atoms. The molecule has 1 aliphatic heterocycles. The highest BCUT2D eigenvalue weighted by Gasteiger charge is 2.35. The van der Waals surface area contributed by atoms with E-state index in [9.17, 15) is 18.0 Å². The van der Waals surface area contributed by atoms with E-state index in [1.807, 2.05) is 58.0 Å². The molecular weight excluding hydrogens is 390 g/mol. The molecule has 1 aromatic carbocycles. The molecule has 2 amide bonds. The number of nitrogens with zero attached hydrogens (tertiary/aromatic N) is 2. The third kappa shape index (κ3) is 7.78. The number of benzene rings is 1. The largest absolute Gasteiger partial charge is 0.350 e. The number of carbonyl (C=O) groups excluding carboxylic acids is 2. The van der Waals surface area contributed by atoms with Gasteiger partial charge in [-0.25, -0.2) is 8.42 Å². The van der Waals surface area contributed by atoms with Crippen molar-refractivity contribution in [1.29, 1.82) is 0 Å². The van der Waals surface area contributed by atoms with Crippen molar-refractivity contribution in [1.82, 2.24) is 15.1 Å². The van der Waals surface area contributed by atoms with E-state index in [2.05, 4.69) is 5.32 Å². The Morgan fingerprint density at radius 2 is 1.79 bits per heavy atom. The number of hydrogen-bond acceptors (Lipinski definition) is 5. The summed E-state index contributed by atoms with van der Waals surface area (Å²) >= 11 is 0. The monoisotopic (exact) mass is 423 g/mol. The number of carbonyl (C=O) groups is 2. The smallest absolute Gasteiger partial charge is 0.237 e. The Balaban J connectivity index is 2.10. The van der Waals surface area contributed by atoms with Gasteiger partial charge < -0.3 is 10.2 Å². The molecule has 162 valence electrons. The lowest BCUT2D eigenvalue weighted by Crippen LogP contribution is -2.49. The Morgan fingerprint density at radius 1 is 1.14 bits per heavy atom. The van der Waals surface area contributed by atoms with Gasteiger partial charge in [-0.15, -0.1) is 0 Å². The van der Waals surface area contributed by atoms with E-state index in [0.717, 1.165) is 5.56 Å². The number of likely N-dealkylation sites (N-methyl/N-ethyl adjacent to an activating group) is 1. The number of amides is 2. The molecule has 8 heteroatoms. The van der Waals surface area contributed by atoms with E-state index in [1.54, 1.807) is 9.80 Å². The van der Waals surface area contributed by atoms with Gasteiger partial charge in [-0.05, 0) is 39.3 Å². The molecule has 0 radical (unpaired) electrons. The summed E-state index contributed by atoms with van der Waals surface area (Å²) in [7, 11) is -3.11. The molecule has 1 atom stereocenters. The second-order valence-corrected chi connectivity index (χ2v) is 10.9. The molecule has 1 aliphatic rings. The molecule has 1 fully saturated rings. The summed E-state index contributed by atoms with van der Waals surface area (Å²) < 4.78 is 24.0. The fourth-order valence-corrected chi connectivity index (χ4v) is 5.18. The molecule has 0 aromatic heterocycles. The fraction of sp³-hybridized carbons (Fsp3) is 0.619. The maximum atomic E-state index is 13.1. The average molecular weight is 424 g/mol. The number of nitrogens with one attached hydrogen (secondary N) is 1. The SMILES string of the molecule is CCN(CC(=O)NC(C)(C)C)CC(=O)N(Cc1ccccc1)[C@@H]1CCS(=O)(=O)C1. The summed E-state index contributed by atoms with van der Waals surface area (Å²) in [6.07, 6.45) is 0.456. The van der Waals surface area contributed by atoms with Crippen LogP contribution in [0.15, 0.2) is 30.3 Å². The maximum Gasteiger partial charge on any atom is 0.237 e. The van der Waals surface area contributed by atoms with Gasteiger partial charge in [0.15, 0.2) is 9.84 Å². The van der Waals surface area contributed by atoms with Gasteiger partial charge in [-0.3, -0.25) is 14.5 Å². The van der Waals surface area contributed by atoms with Crippen LogP contribution < -0.4 is 5.32 Å². The van der Waals surface area contributed by atoms with Gasteiger partial charge in [-0.1, -0.05) is 37.3 Å². The lowest BCUT2D eigenvalue weighted by atomic mass is 10.1. The molecule has 1 saturated heterocycles. The Kier molecular flexibility index (Phi) is 7.82. The summed E-state index contributed by atoms with van der Waals surface area (Å²) in [5.41, 5.74) is 0.622. The predicted molar refractivity (Wildman–Crippen MR) is 114 cm³/mol. The lowest BCUT2D eigenvalue weighted by molar-refractivity contribution is -0.135. The second kappa shape index (κ2) is 9.71. The number of hydrogen-bond donors (Lipinski definition) is 1. The van der Waals surface area contributed by atoms with E-state index in [0.29, 0.717) is 19.5 Å². The van der Waals surface area contributed by atoms with E-state index in [1.165, 1.54) is 0 Å². The second-order valence-electron chi connectivity index (χ2n) is 8.67. The van der Waals surface area contributed by atoms with E-state index in [-0.39, 0.29) is 48.0 Å². The molecule has 1 aromatic rings. The van der Waals surface area contributed by atoms with Crippen molar-refractivity contribution in [2.45, 2.75) is 52.2 Å². The predicted octanol–water partition coefficient (Wildman–Crippen LogP) is 1.44. The normalized spacial score (nSPS) is 18.6. The molecule has 2 rings (SSSR count). The number of rotatable bonds is 8. The Labute approximate surface area is 174 Å². The minimum absolute atomic E-state index is 0.00219. The zero-order valence-corrected chi connectivity index (χ0v) is 18.7. The molecule has 29 heavy (non-hydrogen) atoms. The first-order valence-electron chi connectivity index (χ1n) is 10.1. The zero-order valence-electron chi connectivity index (χ0n) is 17.8. The summed E-state index contributed by atoms with van der Waals surface area (Å²) in [5.74, 6) is -0.171. The third-order valence-electron chi connectivity index (χ3n) is 4.85. The standard InChI is InChI=1S/C21H33N3O4S/c1-5-23(14-19(25)22-21(2,3)4)15-20(26)24(13-17-9-7-6-8-10-17)18-11-12-29(27,28)16-18/h6-10,18H,5,11-16H2,1-4H3,(H,22,25)/t18-/m1/s1. The minimum Gasteiger partial charge on any atom is -0.350 e. The number of sulfone groups is 1. The first-order valence-corrected chi connectivity index (χ1v) is 11.9. The first kappa shape index (κ1) is 23.3.